The van der Waals surface area contributed by atoms with Crippen molar-refractivity contribution in [2.24, 2.45) is 0 Å². The van der Waals surface area contributed by atoms with Crippen LogP contribution in [0, 0.1) is 13.8 Å². The zero-order valence-electron chi connectivity index (χ0n) is 18.6. The number of aromatic nitrogens is 2. The van der Waals surface area contributed by atoms with Gasteiger partial charge in [0.05, 0.1) is 23.7 Å². The highest BCUT2D eigenvalue weighted by Crippen LogP contribution is 2.23. The Morgan fingerprint density at radius 2 is 2.03 bits per heavy atom. The van der Waals surface area contributed by atoms with E-state index in [0.717, 1.165) is 48.4 Å². The van der Waals surface area contributed by atoms with E-state index in [4.69, 9.17) is 14.5 Å². The highest BCUT2D eigenvalue weighted by atomic mass is 16.5. The summed E-state index contributed by atoms with van der Waals surface area (Å²) in [7, 11) is 0. The Hall–Kier alpha value is -2.86. The Bertz CT molecular complexity index is 1030. The fourth-order valence-electron chi connectivity index (χ4n) is 4.24. The number of benzene rings is 2. The number of para-hydroxylation sites is 2. The van der Waals surface area contributed by atoms with Gasteiger partial charge in [0.2, 0.25) is 5.91 Å². The molecule has 0 aliphatic carbocycles. The van der Waals surface area contributed by atoms with Crippen LogP contribution in [-0.2, 0) is 16.1 Å². The average molecular weight is 422 g/mol. The SMILES string of the molecule is Cc1cc(C)cc(OCCCn2c(C(C)NC(=O)C3CCCO3)nc3ccccc32)c1. The van der Waals surface area contributed by atoms with Gasteiger partial charge in [0.25, 0.3) is 0 Å². The molecule has 0 radical (unpaired) electrons. The Labute approximate surface area is 183 Å². The molecule has 1 aliphatic rings. The molecule has 2 heterocycles. The van der Waals surface area contributed by atoms with Crippen molar-refractivity contribution >= 4 is 16.9 Å². The maximum Gasteiger partial charge on any atom is 0.249 e. The molecule has 164 valence electrons. The zero-order chi connectivity index (χ0) is 21.8. The van der Waals surface area contributed by atoms with Crippen LogP contribution in [-0.4, -0.2) is 34.8 Å². The minimum atomic E-state index is -0.341. The third-order valence-corrected chi connectivity index (χ3v) is 5.64. The minimum Gasteiger partial charge on any atom is -0.494 e. The van der Waals surface area contributed by atoms with Crippen LogP contribution >= 0.6 is 0 Å². The first kappa shape index (κ1) is 21.4. The number of aryl methyl sites for hydroxylation is 3. The first-order valence-electron chi connectivity index (χ1n) is 11.1. The topological polar surface area (TPSA) is 65.4 Å². The van der Waals surface area contributed by atoms with E-state index in [2.05, 4.69) is 48.0 Å². The normalized spacial score (nSPS) is 17.1. The smallest absolute Gasteiger partial charge is 0.249 e. The molecule has 1 amide bonds. The zero-order valence-corrected chi connectivity index (χ0v) is 18.6. The van der Waals surface area contributed by atoms with Gasteiger partial charge in [-0.1, -0.05) is 18.2 Å². The molecule has 1 saturated heterocycles. The molecule has 6 nitrogen and oxygen atoms in total. The molecule has 0 saturated carbocycles. The van der Waals surface area contributed by atoms with Gasteiger partial charge in [0.15, 0.2) is 0 Å². The summed E-state index contributed by atoms with van der Waals surface area (Å²) in [5, 5.41) is 3.09. The Morgan fingerprint density at radius 3 is 2.77 bits per heavy atom. The number of fused-ring (bicyclic) bond motifs is 1. The molecule has 2 aromatic carbocycles. The lowest BCUT2D eigenvalue weighted by atomic mass is 10.1. The molecule has 6 heteroatoms. The van der Waals surface area contributed by atoms with Crippen LogP contribution in [0.15, 0.2) is 42.5 Å². The van der Waals surface area contributed by atoms with E-state index in [1.165, 1.54) is 11.1 Å². The standard InChI is InChI=1S/C25H31N3O3/c1-17-14-18(2)16-20(15-17)30-13-7-11-28-22-9-5-4-8-21(22)27-24(28)19(3)26-25(29)23-10-6-12-31-23/h4-5,8-9,14-16,19,23H,6-7,10-13H2,1-3H3,(H,26,29). The van der Waals surface area contributed by atoms with Gasteiger partial charge in [0, 0.05) is 13.2 Å². The van der Waals surface area contributed by atoms with Crippen molar-refractivity contribution in [1.29, 1.82) is 0 Å². The summed E-state index contributed by atoms with van der Waals surface area (Å²) in [6.07, 6.45) is 2.22. The van der Waals surface area contributed by atoms with E-state index in [-0.39, 0.29) is 18.1 Å². The summed E-state index contributed by atoms with van der Waals surface area (Å²) in [6, 6.07) is 14.2. The lowest BCUT2D eigenvalue weighted by molar-refractivity contribution is -0.130. The molecule has 31 heavy (non-hydrogen) atoms. The van der Waals surface area contributed by atoms with Gasteiger partial charge in [-0.3, -0.25) is 4.79 Å². The average Bonchev–Trinajstić information content (AvgIpc) is 3.39. The van der Waals surface area contributed by atoms with E-state index < -0.39 is 0 Å². The number of amides is 1. The molecule has 0 spiro atoms. The van der Waals surface area contributed by atoms with Gasteiger partial charge in [-0.05, 0) is 75.4 Å². The number of carbonyl (C=O) groups excluding carboxylic acids is 1. The number of nitrogens with one attached hydrogen (secondary N) is 1. The number of ether oxygens (including phenoxy) is 2. The molecule has 4 rings (SSSR count). The highest BCUT2D eigenvalue weighted by molar-refractivity contribution is 5.81. The van der Waals surface area contributed by atoms with Crippen LogP contribution < -0.4 is 10.1 Å². The first-order valence-corrected chi connectivity index (χ1v) is 11.1. The Morgan fingerprint density at radius 1 is 1.26 bits per heavy atom. The monoisotopic (exact) mass is 421 g/mol. The predicted octanol–water partition coefficient (Wildman–Crippen LogP) is 4.48. The molecule has 0 bridgehead atoms. The lowest BCUT2D eigenvalue weighted by Crippen LogP contribution is -2.36. The second-order valence-corrected chi connectivity index (χ2v) is 8.37. The van der Waals surface area contributed by atoms with E-state index in [1.54, 1.807) is 0 Å². The van der Waals surface area contributed by atoms with Gasteiger partial charge in [-0.25, -0.2) is 4.98 Å². The number of rotatable bonds is 8. The number of carbonyl (C=O) groups is 1. The van der Waals surface area contributed by atoms with Crippen LogP contribution in [0.1, 0.15) is 49.2 Å². The van der Waals surface area contributed by atoms with Crippen molar-refractivity contribution in [2.45, 2.75) is 58.7 Å². The van der Waals surface area contributed by atoms with E-state index in [0.29, 0.717) is 13.2 Å². The van der Waals surface area contributed by atoms with Crippen LogP contribution in [0.25, 0.3) is 11.0 Å². The maximum atomic E-state index is 12.5. The molecule has 1 fully saturated rings. The summed E-state index contributed by atoms with van der Waals surface area (Å²) in [6.45, 7) is 8.18. The summed E-state index contributed by atoms with van der Waals surface area (Å²) in [4.78, 5) is 17.4. The van der Waals surface area contributed by atoms with Crippen molar-refractivity contribution in [3.63, 3.8) is 0 Å². The van der Waals surface area contributed by atoms with Crippen LogP contribution in [0.3, 0.4) is 0 Å². The van der Waals surface area contributed by atoms with Crippen molar-refractivity contribution in [2.75, 3.05) is 13.2 Å². The summed E-state index contributed by atoms with van der Waals surface area (Å²) in [5.74, 6) is 1.71. The van der Waals surface area contributed by atoms with Crippen LogP contribution in [0.4, 0.5) is 0 Å². The first-order chi connectivity index (χ1) is 15.0. The van der Waals surface area contributed by atoms with Crippen LogP contribution in [0.5, 0.6) is 5.75 Å². The van der Waals surface area contributed by atoms with Crippen molar-refractivity contribution < 1.29 is 14.3 Å². The van der Waals surface area contributed by atoms with E-state index >= 15 is 0 Å². The largest absolute Gasteiger partial charge is 0.494 e. The molecule has 1 N–H and O–H groups in total. The Kier molecular flexibility index (Phi) is 6.56. The fourth-order valence-corrected chi connectivity index (χ4v) is 4.24. The van der Waals surface area contributed by atoms with Gasteiger partial charge in [-0.15, -0.1) is 0 Å². The molecule has 3 aromatic rings. The van der Waals surface area contributed by atoms with Gasteiger partial charge in [0.1, 0.15) is 17.7 Å². The third kappa shape index (κ3) is 5.07. The van der Waals surface area contributed by atoms with E-state index in [1.807, 2.05) is 25.1 Å². The number of hydrogen-bond donors (Lipinski definition) is 1. The molecule has 1 aliphatic heterocycles. The van der Waals surface area contributed by atoms with Gasteiger partial charge >= 0.3 is 0 Å². The van der Waals surface area contributed by atoms with Crippen molar-refractivity contribution in [3.05, 3.63) is 59.4 Å². The van der Waals surface area contributed by atoms with E-state index in [9.17, 15) is 4.79 Å². The maximum absolute atomic E-state index is 12.5. The minimum absolute atomic E-state index is 0.0539. The second-order valence-electron chi connectivity index (χ2n) is 8.37. The molecular formula is C25H31N3O3. The summed E-state index contributed by atoms with van der Waals surface area (Å²) >= 11 is 0. The molecule has 2 atom stereocenters. The lowest BCUT2D eigenvalue weighted by Gasteiger charge is -2.18. The Balaban J connectivity index is 1.45. The number of imidazole rings is 1. The summed E-state index contributed by atoms with van der Waals surface area (Å²) in [5.41, 5.74) is 4.41. The number of hydrogen-bond acceptors (Lipinski definition) is 4. The quantitative estimate of drug-likeness (QED) is 0.545. The molecule has 2 unspecified atom stereocenters. The third-order valence-electron chi connectivity index (χ3n) is 5.64. The molecule has 1 aromatic heterocycles. The van der Waals surface area contributed by atoms with Crippen LogP contribution in [0.2, 0.25) is 0 Å². The number of nitrogens with zero attached hydrogens (tertiary/aromatic N) is 2. The van der Waals surface area contributed by atoms with Gasteiger partial charge in [-0.2, -0.15) is 0 Å². The van der Waals surface area contributed by atoms with Crippen molar-refractivity contribution in [3.8, 4) is 5.75 Å². The van der Waals surface area contributed by atoms with Crippen molar-refractivity contribution in [1.82, 2.24) is 14.9 Å². The fraction of sp³-hybridized carbons (Fsp3) is 0.440. The second kappa shape index (κ2) is 9.52. The van der Waals surface area contributed by atoms with Gasteiger partial charge < -0.3 is 19.4 Å². The summed E-state index contributed by atoms with van der Waals surface area (Å²) < 4.78 is 13.7. The highest BCUT2D eigenvalue weighted by Gasteiger charge is 2.26. The molecular weight excluding hydrogens is 390 g/mol. The predicted molar refractivity (Wildman–Crippen MR) is 121 cm³/mol.